The number of anilines is 7. The lowest BCUT2D eigenvalue weighted by Crippen LogP contribution is -2.42. The third-order valence-electron chi connectivity index (χ3n) is 19.0. The van der Waals surface area contributed by atoms with Crippen LogP contribution in [0.2, 0.25) is 0 Å². The highest BCUT2D eigenvalue weighted by atomic mass is 32.2. The number of carboxylic acid groups (broad SMARTS) is 1. The van der Waals surface area contributed by atoms with E-state index in [-0.39, 0.29) is 85.4 Å². The van der Waals surface area contributed by atoms with Gasteiger partial charge in [-0.1, -0.05) is 153 Å². The summed E-state index contributed by atoms with van der Waals surface area (Å²) in [4.78, 5) is 146. The van der Waals surface area contributed by atoms with Gasteiger partial charge < -0.3 is 60.6 Å². The lowest BCUT2D eigenvalue weighted by Gasteiger charge is -2.16. The van der Waals surface area contributed by atoms with Crippen LogP contribution in [0.4, 0.5) is 51.2 Å². The topological polar surface area (TPSA) is 576 Å². The van der Waals surface area contributed by atoms with E-state index in [4.69, 9.17) is 25.4 Å². The second kappa shape index (κ2) is 49.6. The fraction of sp³-hybridized carbons (Fsp3) is 0.237. The summed E-state index contributed by atoms with van der Waals surface area (Å²) in [7, 11) is -10.7. The van der Waals surface area contributed by atoms with Crippen molar-refractivity contribution in [3.63, 3.8) is 0 Å². The quantitative estimate of drug-likeness (QED) is 0.00588. The number of hydrogen-bond acceptors (Lipinski definition) is 33. The summed E-state index contributed by atoms with van der Waals surface area (Å²) in [5.41, 5.74) is 13.6. The van der Waals surface area contributed by atoms with Crippen molar-refractivity contribution in [2.45, 2.75) is 78.0 Å². The Labute approximate surface area is 777 Å². The standard InChI is InChI=1S/C23H24N2O7S.C22H21N3O6S.C21H19N3O6S.C17H20N2O4S.C8H10O4.CH3N.CH4/c1-4-32-22-19(20(26)21(22)27)24-17-7-5-6-16(13-17)15-10-8-14(9-11-15)12-18(23(28)31-2)25-33(3,29)30;1-23-18-19(21(27)20(18)26)24-16-6-4-5-15(12-16)14-9-7-13(8-10-14)11-17(22(28)31-2)25-32(3,29)30;1-22-17-18(20(26)19(17)25)23-15-5-3-4-14(11-15)13-8-6-12(7-9-13)10-16(21(27)28)24-31(2,29)30;1-23-17(20)16(19-24(2,21)22)10-12-6-8-13(9-7-12)14-4-3-5-15(18)11-14;1-3-11-7-5(9)6(10)8(7)12-4-2;1-2;/h5-11,13,18,24-25H,4,12H2,1-3H3;4-10,12,17,24-25H,1,11H2,2-3H3;3-9,11,16,23-24H,1,10H2,2H3,(H,27,28);3-9,11,16,19H,10,18H2,1-2H3;3-4H2,1-2H3;2H,1H2;1H4/t18-;;;16-;;;/m0..0.../s1. The molecule has 0 fully saturated rings. The molecule has 0 aliphatic rings. The Morgan fingerprint density at radius 3 is 0.859 bits per heavy atom. The second-order valence-electron chi connectivity index (χ2n) is 29.1. The van der Waals surface area contributed by atoms with Crippen LogP contribution in [0.15, 0.2) is 242 Å². The van der Waals surface area contributed by atoms with E-state index in [1.165, 1.54) is 21.3 Å². The van der Waals surface area contributed by atoms with Gasteiger partial charge in [0.1, 0.15) is 52.6 Å². The molecule has 0 heterocycles. The fourth-order valence-electron chi connectivity index (χ4n) is 12.9. The first-order valence-corrected chi connectivity index (χ1v) is 47.6. The summed E-state index contributed by atoms with van der Waals surface area (Å²) in [6.45, 7) is 15.3. The molecule has 135 heavy (non-hydrogen) atoms. The molecule has 0 amide bonds. The molecule has 0 radical (unpaired) electrons. The van der Waals surface area contributed by atoms with Crippen molar-refractivity contribution < 1.29 is 86.4 Å². The molecule has 714 valence electrons. The summed E-state index contributed by atoms with van der Waals surface area (Å²) >= 11 is 0. The van der Waals surface area contributed by atoms with Crippen LogP contribution in [0.5, 0.6) is 17.2 Å². The number of carbonyl (C=O) groups is 4. The number of nitrogens with zero attached hydrogens (tertiary/aromatic N) is 2. The van der Waals surface area contributed by atoms with E-state index >= 15 is 0 Å². The minimum Gasteiger partial charge on any atom is -0.488 e. The van der Waals surface area contributed by atoms with Crippen molar-refractivity contribution >= 4 is 135 Å². The minimum absolute atomic E-state index is 0. The van der Waals surface area contributed by atoms with Crippen molar-refractivity contribution in [3.05, 3.63) is 298 Å². The lowest BCUT2D eigenvalue weighted by molar-refractivity contribution is -0.143. The number of nitrogen functional groups attached to an aromatic ring is 1. The molecular formula is C93H101N11O27S4. The van der Waals surface area contributed by atoms with Crippen molar-refractivity contribution in [2.24, 2.45) is 9.98 Å². The van der Waals surface area contributed by atoms with Crippen LogP contribution in [-0.4, -0.2) is 173 Å². The van der Waals surface area contributed by atoms with Crippen LogP contribution < -0.4 is 98.2 Å². The Hall–Kier alpha value is -14.8. The van der Waals surface area contributed by atoms with Crippen LogP contribution in [0.3, 0.4) is 0 Å². The van der Waals surface area contributed by atoms with Gasteiger partial charge in [0.25, 0.3) is 43.4 Å². The fourth-order valence-corrected chi connectivity index (χ4v) is 15.7. The molecule has 42 heteroatoms. The number of hydrogen-bond donors (Lipinski definition) is 10. The van der Waals surface area contributed by atoms with E-state index in [1.54, 1.807) is 118 Å². The number of aliphatic imine (C=N–C) groups is 2. The van der Waals surface area contributed by atoms with E-state index in [0.717, 1.165) is 86.2 Å². The smallest absolute Gasteiger partial charge is 0.324 e. The average molecular weight is 1930 g/mol. The Kier molecular flexibility index (Phi) is 40.1. The largest absolute Gasteiger partial charge is 0.488 e. The van der Waals surface area contributed by atoms with E-state index in [9.17, 15) is 96.3 Å². The number of benzene rings is 8. The van der Waals surface area contributed by atoms with Crippen molar-refractivity contribution in [2.75, 3.05) is 87.9 Å². The van der Waals surface area contributed by atoms with Crippen LogP contribution in [0.25, 0.3) is 44.5 Å². The van der Waals surface area contributed by atoms with Crippen LogP contribution in [-0.2, 0) is 99.2 Å². The molecule has 0 spiro atoms. The number of esters is 3. The molecule has 0 aromatic heterocycles. The van der Waals surface area contributed by atoms with Gasteiger partial charge in [0.15, 0.2) is 5.75 Å². The molecule has 0 aliphatic carbocycles. The Bertz CT molecular complexity index is 6990. The number of ether oxygens (including phenoxy) is 6. The Balaban J connectivity index is 0.000000264. The molecule has 12 aromatic carbocycles. The SMILES string of the molecule is C.C=N.C=Nc1c(Nc2cccc(-c3ccc(CC(NS(C)(=O)=O)C(=O)O)cc3)c2)c(=O)c1=O.C=Nc1c(Nc2cccc(-c3ccc(CC(NS(C)(=O)=O)C(=O)OC)cc3)c2)c(=O)c1=O.CCOc1c(Nc2cccc(-c3ccc(C[C@H](NS(C)(=O)=O)C(=O)OC)cc3)c2)c(=O)c1=O.CCOc1c(OCC)c(=O)c1=O.COC(=O)[C@H](Cc1ccc(-c2cccc(N)c2)cc1)NS(C)(=O)=O. The molecule has 0 saturated carbocycles. The molecule has 38 nitrogen and oxygen atoms in total. The maximum absolute atomic E-state index is 11.9. The van der Waals surface area contributed by atoms with E-state index in [1.807, 2.05) is 97.1 Å². The van der Waals surface area contributed by atoms with Crippen LogP contribution in [0.1, 0.15) is 50.5 Å². The van der Waals surface area contributed by atoms with Crippen molar-refractivity contribution in [1.82, 2.24) is 18.9 Å². The minimum atomic E-state index is -3.66. The highest BCUT2D eigenvalue weighted by molar-refractivity contribution is 7.89. The van der Waals surface area contributed by atoms with Gasteiger partial charge in [-0.05, 0) is 182 Å². The number of carbonyl (C=O) groups excluding carboxylic acids is 3. The van der Waals surface area contributed by atoms with E-state index in [0.29, 0.717) is 41.5 Å². The molecule has 0 saturated heterocycles. The number of aliphatic carboxylic acids is 1. The van der Waals surface area contributed by atoms with Gasteiger partial charge in [-0.15, -0.1) is 0 Å². The van der Waals surface area contributed by atoms with Crippen LogP contribution >= 0.6 is 0 Å². The summed E-state index contributed by atoms with van der Waals surface area (Å²) in [5.74, 6) is -3.05. The third-order valence-corrected chi connectivity index (χ3v) is 21.9. The van der Waals surface area contributed by atoms with Crippen LogP contribution in [0, 0.1) is 5.41 Å². The zero-order valence-corrected chi connectivity index (χ0v) is 77.3. The molecule has 12 aromatic rings. The first-order chi connectivity index (χ1) is 63.3. The third kappa shape index (κ3) is 31.4. The van der Waals surface area contributed by atoms with Gasteiger partial charge in [-0.25, -0.2) is 52.6 Å². The molecular weight excluding hydrogens is 1830 g/mol. The van der Waals surface area contributed by atoms with Crippen molar-refractivity contribution in [1.29, 1.82) is 5.41 Å². The number of rotatable bonds is 38. The highest BCUT2D eigenvalue weighted by Crippen LogP contribution is 2.33. The Morgan fingerprint density at radius 1 is 0.356 bits per heavy atom. The summed E-state index contributed by atoms with van der Waals surface area (Å²) in [5, 5.41) is 23.5. The molecule has 2 unspecified atom stereocenters. The monoisotopic (exact) mass is 1930 g/mol. The Morgan fingerprint density at radius 2 is 0.600 bits per heavy atom. The average Bonchev–Trinajstić information content (AvgIpc) is 0.832. The molecule has 11 N–H and O–H groups in total. The van der Waals surface area contributed by atoms with Crippen molar-refractivity contribution in [3.8, 4) is 61.8 Å². The summed E-state index contributed by atoms with van der Waals surface area (Å²) in [6.07, 6.45) is 4.33. The highest BCUT2D eigenvalue weighted by Gasteiger charge is 2.30. The number of sulfonamides is 4. The van der Waals surface area contributed by atoms with Gasteiger partial charge in [-0.2, -0.15) is 0 Å². The van der Waals surface area contributed by atoms with Gasteiger partial charge in [0, 0.05) is 22.7 Å². The normalized spacial score (nSPS) is 12.0. The summed E-state index contributed by atoms with van der Waals surface area (Å²) in [6, 6.07) is 53.8. The molecule has 0 bridgehead atoms. The molecule has 0 aliphatic heterocycles. The number of methoxy groups -OCH3 is 3. The van der Waals surface area contributed by atoms with Gasteiger partial charge >= 0.3 is 23.9 Å². The number of nitrogens with two attached hydrogens (primary N) is 1. The van der Waals surface area contributed by atoms with Gasteiger partial charge in [-0.3, -0.25) is 67.5 Å². The zero-order chi connectivity index (χ0) is 99.3. The maximum atomic E-state index is 11.9. The number of nitrogens with one attached hydrogen (secondary N) is 8. The second-order valence-corrected chi connectivity index (χ2v) is 36.2. The van der Waals surface area contributed by atoms with Gasteiger partial charge in [0.05, 0.1) is 66.2 Å². The van der Waals surface area contributed by atoms with Gasteiger partial charge in [0.2, 0.25) is 51.6 Å². The first kappa shape index (κ1) is 109. The van der Waals surface area contributed by atoms with E-state index < -0.39 is 132 Å². The first-order valence-electron chi connectivity index (χ1n) is 40.0. The predicted octanol–water partition coefficient (Wildman–Crippen LogP) is 7.50. The summed E-state index contributed by atoms with van der Waals surface area (Å²) < 4.78 is 130. The maximum Gasteiger partial charge on any atom is 0.324 e. The predicted molar refractivity (Wildman–Crippen MR) is 521 cm³/mol. The molecule has 4 atom stereocenters. The number of carboxylic acids is 1. The molecule has 12 rings (SSSR count). The zero-order valence-electron chi connectivity index (χ0n) is 74.0. The lowest BCUT2D eigenvalue weighted by atomic mass is 10.0. The van der Waals surface area contributed by atoms with E-state index in [2.05, 4.69) is 79.2 Å².